The molecule has 1 aliphatic rings. The highest BCUT2D eigenvalue weighted by Crippen LogP contribution is 2.35. The maximum atomic E-state index is 5.82. The van der Waals surface area contributed by atoms with E-state index in [4.69, 9.17) is 5.73 Å². The maximum Gasteiger partial charge on any atom is 0.0278 e. The zero-order chi connectivity index (χ0) is 7.61. The SMILES string of the molecule is CC(N)C1(S)CCCCC1. The Morgan fingerprint density at radius 2 is 1.80 bits per heavy atom. The molecule has 0 aromatic rings. The third-order valence-electron chi connectivity index (χ3n) is 2.57. The third-order valence-corrected chi connectivity index (χ3v) is 3.42. The molecule has 0 bridgehead atoms. The lowest BCUT2D eigenvalue weighted by molar-refractivity contribution is 0.358. The van der Waals surface area contributed by atoms with Crippen molar-refractivity contribution in [2.24, 2.45) is 5.73 Å². The van der Waals surface area contributed by atoms with Gasteiger partial charge >= 0.3 is 0 Å². The van der Waals surface area contributed by atoms with Crippen LogP contribution in [0.1, 0.15) is 39.0 Å². The van der Waals surface area contributed by atoms with Crippen LogP contribution < -0.4 is 5.73 Å². The molecule has 1 rings (SSSR count). The summed E-state index contributed by atoms with van der Waals surface area (Å²) >= 11 is 4.62. The average Bonchev–Trinajstić information content (AvgIpc) is 1.89. The molecule has 0 aromatic heterocycles. The predicted octanol–water partition coefficient (Wildman–Crippen LogP) is 1.97. The van der Waals surface area contributed by atoms with Gasteiger partial charge in [0.2, 0.25) is 0 Å². The Morgan fingerprint density at radius 3 is 2.10 bits per heavy atom. The first-order valence-corrected chi connectivity index (χ1v) is 4.58. The van der Waals surface area contributed by atoms with Gasteiger partial charge in [0.15, 0.2) is 0 Å². The second kappa shape index (κ2) is 3.14. The van der Waals surface area contributed by atoms with E-state index in [1.165, 1.54) is 32.1 Å². The van der Waals surface area contributed by atoms with Crippen molar-refractivity contribution >= 4 is 12.6 Å². The first-order valence-electron chi connectivity index (χ1n) is 4.13. The quantitative estimate of drug-likeness (QED) is 0.562. The molecule has 0 amide bonds. The molecule has 0 spiro atoms. The molecule has 1 unspecified atom stereocenters. The summed E-state index contributed by atoms with van der Waals surface area (Å²) in [5, 5.41) is 0. The molecule has 1 saturated carbocycles. The Hall–Kier alpha value is 0.310. The minimum Gasteiger partial charge on any atom is -0.327 e. The van der Waals surface area contributed by atoms with Crippen LogP contribution in [0, 0.1) is 0 Å². The largest absolute Gasteiger partial charge is 0.327 e. The fourth-order valence-electron chi connectivity index (χ4n) is 1.62. The van der Waals surface area contributed by atoms with Crippen molar-refractivity contribution in [3.05, 3.63) is 0 Å². The lowest BCUT2D eigenvalue weighted by Gasteiger charge is -2.35. The first kappa shape index (κ1) is 8.41. The molecular weight excluding hydrogens is 142 g/mol. The van der Waals surface area contributed by atoms with Crippen LogP contribution in [0.3, 0.4) is 0 Å². The van der Waals surface area contributed by atoms with Gasteiger partial charge in [-0.05, 0) is 19.8 Å². The van der Waals surface area contributed by atoms with Crippen molar-refractivity contribution in [2.45, 2.75) is 49.8 Å². The average molecular weight is 159 g/mol. The van der Waals surface area contributed by atoms with Gasteiger partial charge in [0.05, 0.1) is 0 Å². The highest BCUT2D eigenvalue weighted by molar-refractivity contribution is 7.81. The van der Waals surface area contributed by atoms with Crippen LogP contribution >= 0.6 is 12.6 Å². The van der Waals surface area contributed by atoms with E-state index in [2.05, 4.69) is 19.6 Å². The van der Waals surface area contributed by atoms with E-state index >= 15 is 0 Å². The molecule has 0 radical (unpaired) electrons. The minimum absolute atomic E-state index is 0.151. The summed E-state index contributed by atoms with van der Waals surface area (Å²) in [6.07, 6.45) is 6.40. The zero-order valence-electron chi connectivity index (χ0n) is 6.64. The molecule has 1 nitrogen and oxygen atoms in total. The lowest BCUT2D eigenvalue weighted by Crippen LogP contribution is -2.42. The van der Waals surface area contributed by atoms with Crippen molar-refractivity contribution in [1.82, 2.24) is 0 Å². The second-order valence-corrected chi connectivity index (χ2v) is 4.34. The summed E-state index contributed by atoms with van der Waals surface area (Å²) in [7, 11) is 0. The number of hydrogen-bond acceptors (Lipinski definition) is 2. The summed E-state index contributed by atoms with van der Waals surface area (Å²) in [6, 6.07) is 0.246. The molecule has 0 saturated heterocycles. The molecule has 1 aliphatic carbocycles. The zero-order valence-corrected chi connectivity index (χ0v) is 7.53. The van der Waals surface area contributed by atoms with E-state index in [1.54, 1.807) is 0 Å². The van der Waals surface area contributed by atoms with Gasteiger partial charge in [-0.3, -0.25) is 0 Å². The molecule has 1 atom stereocenters. The van der Waals surface area contributed by atoms with Gasteiger partial charge in [-0.25, -0.2) is 0 Å². The molecule has 0 aromatic carbocycles. The van der Waals surface area contributed by atoms with Crippen molar-refractivity contribution in [1.29, 1.82) is 0 Å². The number of rotatable bonds is 1. The van der Waals surface area contributed by atoms with E-state index in [0.29, 0.717) is 0 Å². The Bertz CT molecular complexity index is 106. The van der Waals surface area contributed by atoms with E-state index in [-0.39, 0.29) is 10.8 Å². The molecule has 0 heterocycles. The van der Waals surface area contributed by atoms with Crippen LogP contribution in [-0.4, -0.2) is 10.8 Å². The number of nitrogens with two attached hydrogens (primary N) is 1. The van der Waals surface area contributed by atoms with Crippen molar-refractivity contribution in [3.8, 4) is 0 Å². The number of hydrogen-bond donors (Lipinski definition) is 2. The monoisotopic (exact) mass is 159 g/mol. The van der Waals surface area contributed by atoms with E-state index in [1.807, 2.05) is 0 Å². The molecule has 60 valence electrons. The van der Waals surface area contributed by atoms with E-state index in [0.717, 1.165) is 0 Å². The molecule has 2 heteroatoms. The van der Waals surface area contributed by atoms with Gasteiger partial charge < -0.3 is 5.73 Å². The van der Waals surface area contributed by atoms with Crippen LogP contribution in [0.4, 0.5) is 0 Å². The summed E-state index contributed by atoms with van der Waals surface area (Å²) in [5.41, 5.74) is 5.82. The normalized spacial score (nSPS) is 27.9. The fourth-order valence-corrected chi connectivity index (χ4v) is 1.94. The van der Waals surface area contributed by atoms with Gasteiger partial charge in [-0.2, -0.15) is 12.6 Å². The minimum atomic E-state index is 0.151. The molecule has 1 fully saturated rings. The second-order valence-electron chi connectivity index (χ2n) is 3.45. The van der Waals surface area contributed by atoms with Crippen LogP contribution in [0.5, 0.6) is 0 Å². The van der Waals surface area contributed by atoms with Crippen LogP contribution in [0.2, 0.25) is 0 Å². The van der Waals surface area contributed by atoms with Gasteiger partial charge in [0.1, 0.15) is 0 Å². The Morgan fingerprint density at radius 1 is 1.30 bits per heavy atom. The van der Waals surface area contributed by atoms with Crippen LogP contribution in [0.25, 0.3) is 0 Å². The summed E-state index contributed by atoms with van der Waals surface area (Å²) in [6.45, 7) is 2.07. The maximum absolute atomic E-state index is 5.82. The van der Waals surface area contributed by atoms with Crippen molar-refractivity contribution in [2.75, 3.05) is 0 Å². The summed E-state index contributed by atoms with van der Waals surface area (Å²) in [4.78, 5) is 0. The Balaban J connectivity index is 2.48. The Labute approximate surface area is 68.8 Å². The van der Waals surface area contributed by atoms with E-state index < -0.39 is 0 Å². The molecule has 10 heavy (non-hydrogen) atoms. The third kappa shape index (κ3) is 1.67. The predicted molar refractivity (Wildman–Crippen MR) is 48.5 cm³/mol. The van der Waals surface area contributed by atoms with Crippen LogP contribution in [-0.2, 0) is 0 Å². The smallest absolute Gasteiger partial charge is 0.0278 e. The van der Waals surface area contributed by atoms with Gasteiger partial charge in [0.25, 0.3) is 0 Å². The van der Waals surface area contributed by atoms with Gasteiger partial charge in [-0.1, -0.05) is 19.3 Å². The highest BCUT2D eigenvalue weighted by atomic mass is 32.1. The van der Waals surface area contributed by atoms with E-state index in [9.17, 15) is 0 Å². The first-order chi connectivity index (χ1) is 4.65. The standard InChI is InChI=1S/C8H17NS/c1-7(9)8(10)5-3-2-4-6-8/h7,10H,2-6,9H2,1H3. The van der Waals surface area contributed by atoms with Crippen molar-refractivity contribution in [3.63, 3.8) is 0 Å². The van der Waals surface area contributed by atoms with Crippen LogP contribution in [0.15, 0.2) is 0 Å². The molecule has 2 N–H and O–H groups in total. The molecule has 0 aliphatic heterocycles. The fraction of sp³-hybridized carbons (Fsp3) is 1.00. The van der Waals surface area contributed by atoms with Gasteiger partial charge in [0, 0.05) is 10.8 Å². The molecular formula is C8H17NS. The lowest BCUT2D eigenvalue weighted by atomic mass is 9.84. The summed E-state index contributed by atoms with van der Waals surface area (Å²) < 4.78 is 0.151. The highest BCUT2D eigenvalue weighted by Gasteiger charge is 2.31. The number of thiol groups is 1. The van der Waals surface area contributed by atoms with Gasteiger partial charge in [-0.15, -0.1) is 0 Å². The van der Waals surface area contributed by atoms with Crippen molar-refractivity contribution < 1.29 is 0 Å². The summed E-state index contributed by atoms with van der Waals surface area (Å²) in [5.74, 6) is 0. The topological polar surface area (TPSA) is 26.0 Å². The Kier molecular flexibility index (Phi) is 2.64.